The fourth-order valence-corrected chi connectivity index (χ4v) is 2.47. The highest BCUT2D eigenvalue weighted by Gasteiger charge is 2.10. The maximum Gasteiger partial charge on any atom is 0.162 e. The van der Waals surface area contributed by atoms with Gasteiger partial charge in [0.1, 0.15) is 0 Å². The lowest BCUT2D eigenvalue weighted by Gasteiger charge is -2.26. The van der Waals surface area contributed by atoms with Crippen LogP contribution in [0.2, 0.25) is 0 Å². The molecule has 0 aliphatic carbocycles. The summed E-state index contributed by atoms with van der Waals surface area (Å²) in [5.41, 5.74) is 2.15. The van der Waals surface area contributed by atoms with Gasteiger partial charge in [-0.15, -0.1) is 0 Å². The summed E-state index contributed by atoms with van der Waals surface area (Å²) in [5, 5.41) is 3.34. The van der Waals surface area contributed by atoms with Gasteiger partial charge in [-0.3, -0.25) is 4.79 Å². The van der Waals surface area contributed by atoms with Crippen LogP contribution in [-0.4, -0.2) is 43.4 Å². The number of nitrogens with one attached hydrogen (secondary N) is 1. The zero-order valence-electron chi connectivity index (χ0n) is 11.8. The SMILES string of the molecule is CCc1ccc(C(=O)CCCN2CCNCC2)cc1. The van der Waals surface area contributed by atoms with E-state index in [1.54, 1.807) is 0 Å². The Morgan fingerprint density at radius 2 is 1.89 bits per heavy atom. The molecule has 104 valence electrons. The summed E-state index contributed by atoms with van der Waals surface area (Å²) in [5.74, 6) is 0.276. The van der Waals surface area contributed by atoms with E-state index in [0.717, 1.165) is 51.1 Å². The summed E-state index contributed by atoms with van der Waals surface area (Å²) in [7, 11) is 0. The second-order valence-corrected chi connectivity index (χ2v) is 5.17. The Morgan fingerprint density at radius 1 is 1.21 bits per heavy atom. The third kappa shape index (κ3) is 4.44. The van der Waals surface area contributed by atoms with E-state index >= 15 is 0 Å². The summed E-state index contributed by atoms with van der Waals surface area (Å²) in [6.45, 7) is 7.54. The summed E-state index contributed by atoms with van der Waals surface area (Å²) in [6, 6.07) is 8.05. The van der Waals surface area contributed by atoms with Crippen LogP contribution in [0.3, 0.4) is 0 Å². The topological polar surface area (TPSA) is 32.3 Å². The number of piperazine rings is 1. The van der Waals surface area contributed by atoms with Gasteiger partial charge in [-0.1, -0.05) is 31.2 Å². The third-order valence-corrected chi connectivity index (χ3v) is 3.77. The molecule has 1 aromatic rings. The smallest absolute Gasteiger partial charge is 0.162 e. The monoisotopic (exact) mass is 260 g/mol. The standard InChI is InChI=1S/C16H24N2O/c1-2-14-5-7-15(8-6-14)16(19)4-3-11-18-12-9-17-10-13-18/h5-8,17H,2-4,9-13H2,1H3. The van der Waals surface area contributed by atoms with Gasteiger partial charge in [-0.25, -0.2) is 0 Å². The molecule has 1 N–H and O–H groups in total. The van der Waals surface area contributed by atoms with Crippen molar-refractivity contribution < 1.29 is 4.79 Å². The first-order valence-electron chi connectivity index (χ1n) is 7.35. The molecule has 1 fully saturated rings. The summed E-state index contributed by atoms with van der Waals surface area (Å²) in [4.78, 5) is 14.5. The number of carbonyl (C=O) groups excluding carboxylic acids is 1. The van der Waals surface area contributed by atoms with Crippen molar-refractivity contribution in [1.29, 1.82) is 0 Å². The van der Waals surface area contributed by atoms with Crippen LogP contribution in [-0.2, 0) is 6.42 Å². The lowest BCUT2D eigenvalue weighted by molar-refractivity contribution is 0.0973. The Labute approximate surface area is 116 Å². The summed E-state index contributed by atoms with van der Waals surface area (Å²) >= 11 is 0. The highest BCUT2D eigenvalue weighted by atomic mass is 16.1. The minimum absolute atomic E-state index is 0.276. The number of carbonyl (C=O) groups is 1. The molecule has 19 heavy (non-hydrogen) atoms. The van der Waals surface area contributed by atoms with Crippen molar-refractivity contribution >= 4 is 5.78 Å². The van der Waals surface area contributed by atoms with Crippen molar-refractivity contribution in [3.8, 4) is 0 Å². The lowest BCUT2D eigenvalue weighted by Crippen LogP contribution is -2.43. The van der Waals surface area contributed by atoms with Gasteiger partial charge in [0.25, 0.3) is 0 Å². The van der Waals surface area contributed by atoms with Gasteiger partial charge in [0.15, 0.2) is 5.78 Å². The average molecular weight is 260 g/mol. The first kappa shape index (κ1) is 14.2. The maximum absolute atomic E-state index is 12.1. The first-order chi connectivity index (χ1) is 9.29. The Hall–Kier alpha value is -1.19. The summed E-state index contributed by atoms with van der Waals surface area (Å²) < 4.78 is 0. The van der Waals surface area contributed by atoms with Crippen molar-refractivity contribution in [2.45, 2.75) is 26.2 Å². The maximum atomic E-state index is 12.1. The van der Waals surface area contributed by atoms with Crippen molar-refractivity contribution in [3.63, 3.8) is 0 Å². The van der Waals surface area contributed by atoms with Crippen molar-refractivity contribution in [2.24, 2.45) is 0 Å². The third-order valence-electron chi connectivity index (χ3n) is 3.77. The normalized spacial score (nSPS) is 16.5. The van der Waals surface area contributed by atoms with Gasteiger partial charge in [0.05, 0.1) is 0 Å². The molecular formula is C16H24N2O. The minimum atomic E-state index is 0.276. The van der Waals surface area contributed by atoms with Crippen LogP contribution >= 0.6 is 0 Å². The van der Waals surface area contributed by atoms with E-state index in [2.05, 4.69) is 29.3 Å². The Balaban J connectivity index is 1.73. The van der Waals surface area contributed by atoms with Crippen LogP contribution < -0.4 is 5.32 Å². The number of aryl methyl sites for hydroxylation is 1. The Bertz CT molecular complexity index is 394. The van der Waals surface area contributed by atoms with Crippen LogP contribution in [0.5, 0.6) is 0 Å². The largest absolute Gasteiger partial charge is 0.314 e. The van der Waals surface area contributed by atoms with E-state index in [1.807, 2.05) is 12.1 Å². The first-order valence-corrected chi connectivity index (χ1v) is 7.35. The van der Waals surface area contributed by atoms with Gasteiger partial charge in [-0.2, -0.15) is 0 Å². The zero-order chi connectivity index (χ0) is 13.5. The second-order valence-electron chi connectivity index (χ2n) is 5.17. The highest BCUT2D eigenvalue weighted by molar-refractivity contribution is 5.96. The molecule has 1 aliphatic rings. The molecule has 0 unspecified atom stereocenters. The molecule has 1 saturated heterocycles. The number of hydrogen-bond acceptors (Lipinski definition) is 3. The van der Waals surface area contributed by atoms with Crippen LogP contribution in [0.1, 0.15) is 35.7 Å². The Kier molecular flexibility index (Phi) is 5.55. The van der Waals surface area contributed by atoms with Gasteiger partial charge < -0.3 is 10.2 Å². The van der Waals surface area contributed by atoms with Gasteiger partial charge in [0.2, 0.25) is 0 Å². The van der Waals surface area contributed by atoms with E-state index in [1.165, 1.54) is 5.56 Å². The molecular weight excluding hydrogens is 236 g/mol. The van der Waals surface area contributed by atoms with E-state index in [4.69, 9.17) is 0 Å². The lowest BCUT2D eigenvalue weighted by atomic mass is 10.0. The van der Waals surface area contributed by atoms with Crippen LogP contribution in [0, 0.1) is 0 Å². The fraction of sp³-hybridized carbons (Fsp3) is 0.562. The number of rotatable bonds is 6. The number of Topliss-reactive ketones (excluding diaryl/α,β-unsaturated/α-hetero) is 1. The number of nitrogens with zero attached hydrogens (tertiary/aromatic N) is 1. The average Bonchev–Trinajstić information content (AvgIpc) is 2.48. The van der Waals surface area contributed by atoms with Crippen molar-refractivity contribution in [2.75, 3.05) is 32.7 Å². The molecule has 1 heterocycles. The molecule has 0 saturated carbocycles. The molecule has 0 atom stereocenters. The summed E-state index contributed by atoms with van der Waals surface area (Å²) in [6.07, 6.45) is 2.65. The van der Waals surface area contributed by atoms with Gasteiger partial charge in [-0.05, 0) is 24.9 Å². The van der Waals surface area contributed by atoms with Crippen LogP contribution in [0.4, 0.5) is 0 Å². The number of benzene rings is 1. The van der Waals surface area contributed by atoms with E-state index < -0.39 is 0 Å². The molecule has 0 spiro atoms. The zero-order valence-corrected chi connectivity index (χ0v) is 11.8. The molecule has 1 aliphatic heterocycles. The van der Waals surface area contributed by atoms with E-state index in [0.29, 0.717) is 6.42 Å². The van der Waals surface area contributed by atoms with Gasteiger partial charge >= 0.3 is 0 Å². The predicted molar refractivity (Wildman–Crippen MR) is 78.7 cm³/mol. The van der Waals surface area contributed by atoms with Gasteiger partial charge in [0, 0.05) is 38.2 Å². The molecule has 1 aromatic carbocycles. The molecule has 3 nitrogen and oxygen atoms in total. The molecule has 0 aromatic heterocycles. The second kappa shape index (κ2) is 7.41. The van der Waals surface area contributed by atoms with Crippen LogP contribution in [0.15, 0.2) is 24.3 Å². The number of hydrogen-bond donors (Lipinski definition) is 1. The minimum Gasteiger partial charge on any atom is -0.314 e. The van der Waals surface area contributed by atoms with Crippen molar-refractivity contribution in [3.05, 3.63) is 35.4 Å². The molecule has 0 amide bonds. The molecule has 2 rings (SSSR count). The van der Waals surface area contributed by atoms with E-state index in [9.17, 15) is 4.79 Å². The van der Waals surface area contributed by atoms with E-state index in [-0.39, 0.29) is 5.78 Å². The Morgan fingerprint density at radius 3 is 2.53 bits per heavy atom. The molecule has 3 heteroatoms. The van der Waals surface area contributed by atoms with Crippen LogP contribution in [0.25, 0.3) is 0 Å². The molecule has 0 bridgehead atoms. The predicted octanol–water partition coefficient (Wildman–Crippen LogP) is 2.12. The fourth-order valence-electron chi connectivity index (χ4n) is 2.47. The molecule has 0 radical (unpaired) electrons. The quantitative estimate of drug-likeness (QED) is 0.795. The highest BCUT2D eigenvalue weighted by Crippen LogP contribution is 2.09. The number of ketones is 1. The van der Waals surface area contributed by atoms with Crippen molar-refractivity contribution in [1.82, 2.24) is 10.2 Å².